The molecule has 0 saturated heterocycles. The van der Waals surface area contributed by atoms with Crippen molar-refractivity contribution in [3.05, 3.63) is 57.5 Å². The van der Waals surface area contributed by atoms with E-state index in [2.05, 4.69) is 9.97 Å². The second-order valence-corrected chi connectivity index (χ2v) is 7.27. The Balaban J connectivity index is 1.69. The van der Waals surface area contributed by atoms with Crippen LogP contribution in [0.2, 0.25) is 0 Å². The molecule has 0 aliphatic heterocycles. The predicted molar refractivity (Wildman–Crippen MR) is 98.7 cm³/mol. The number of fused-ring (bicyclic) bond motifs is 2. The van der Waals surface area contributed by atoms with E-state index < -0.39 is 0 Å². The Bertz CT molecular complexity index is 1120. The Morgan fingerprint density at radius 3 is 2.67 bits per heavy atom. The molecule has 7 heteroatoms. The third-order valence-electron chi connectivity index (χ3n) is 3.84. The summed E-state index contributed by atoms with van der Waals surface area (Å²) in [5.41, 5.74) is 3.59. The van der Waals surface area contributed by atoms with Gasteiger partial charge in [-0.1, -0.05) is 23.9 Å². The molecule has 3 heterocycles. The quantitative estimate of drug-likeness (QED) is 0.416. The van der Waals surface area contributed by atoms with Gasteiger partial charge in [0.15, 0.2) is 5.16 Å². The van der Waals surface area contributed by atoms with Crippen LogP contribution in [-0.4, -0.2) is 19.5 Å². The zero-order valence-corrected chi connectivity index (χ0v) is 14.8. The van der Waals surface area contributed by atoms with Crippen LogP contribution in [0.5, 0.6) is 0 Å². The van der Waals surface area contributed by atoms with Gasteiger partial charge >= 0.3 is 0 Å². The smallest absolute Gasteiger partial charge is 0.262 e. The van der Waals surface area contributed by atoms with E-state index in [0.29, 0.717) is 16.3 Å². The molecule has 3 aromatic heterocycles. The Hall–Kier alpha value is -2.25. The predicted octanol–water partition coefficient (Wildman–Crippen LogP) is 3.54. The first-order valence-corrected chi connectivity index (χ1v) is 9.29. The minimum absolute atomic E-state index is 0.00920. The van der Waals surface area contributed by atoms with Gasteiger partial charge in [-0.3, -0.25) is 9.36 Å². The number of para-hydroxylation sites is 2. The standard InChI is InChI=1S/C17H14N4OS2/c1-10-14(19-13-6-4-3-5-12(13)18-10)9-24-17-20-15-11(7-8-23-15)16(22)21(17)2/h3-8H,9H2,1-2H3. The van der Waals surface area contributed by atoms with Gasteiger partial charge in [-0.15, -0.1) is 11.3 Å². The molecule has 0 unspecified atom stereocenters. The van der Waals surface area contributed by atoms with Crippen LogP contribution in [0.25, 0.3) is 21.3 Å². The van der Waals surface area contributed by atoms with Gasteiger partial charge in [0, 0.05) is 12.8 Å². The summed E-state index contributed by atoms with van der Waals surface area (Å²) < 4.78 is 1.60. The van der Waals surface area contributed by atoms with E-state index >= 15 is 0 Å². The molecular weight excluding hydrogens is 340 g/mol. The van der Waals surface area contributed by atoms with Gasteiger partial charge in [0.25, 0.3) is 5.56 Å². The highest BCUT2D eigenvalue weighted by atomic mass is 32.2. The normalized spacial score (nSPS) is 11.4. The fraction of sp³-hybridized carbons (Fsp3) is 0.176. The summed E-state index contributed by atoms with van der Waals surface area (Å²) in [5.74, 6) is 0.626. The molecular formula is C17H14N4OS2. The van der Waals surface area contributed by atoms with Crippen molar-refractivity contribution in [3.63, 3.8) is 0 Å². The molecule has 0 aliphatic carbocycles. The van der Waals surface area contributed by atoms with Crippen LogP contribution >= 0.6 is 23.1 Å². The summed E-state index contributed by atoms with van der Waals surface area (Å²) >= 11 is 3.00. The summed E-state index contributed by atoms with van der Waals surface area (Å²) in [6.45, 7) is 1.96. The third kappa shape index (κ3) is 2.59. The van der Waals surface area contributed by atoms with Gasteiger partial charge in [0.05, 0.1) is 27.8 Å². The minimum atomic E-state index is -0.00920. The summed E-state index contributed by atoms with van der Waals surface area (Å²) in [7, 11) is 1.76. The highest BCUT2D eigenvalue weighted by Gasteiger charge is 2.12. The summed E-state index contributed by atoms with van der Waals surface area (Å²) in [5, 5.41) is 3.27. The number of thiophene rings is 1. The monoisotopic (exact) mass is 354 g/mol. The zero-order valence-electron chi connectivity index (χ0n) is 13.2. The van der Waals surface area contributed by atoms with E-state index in [4.69, 9.17) is 4.98 Å². The highest BCUT2D eigenvalue weighted by molar-refractivity contribution is 7.98. The van der Waals surface area contributed by atoms with Gasteiger partial charge in [-0.05, 0) is 30.5 Å². The molecule has 5 nitrogen and oxygen atoms in total. The van der Waals surface area contributed by atoms with Crippen molar-refractivity contribution < 1.29 is 0 Å². The molecule has 4 aromatic rings. The lowest BCUT2D eigenvalue weighted by molar-refractivity contribution is 0.727. The number of aryl methyl sites for hydroxylation is 1. The summed E-state index contributed by atoms with van der Waals surface area (Å²) in [6.07, 6.45) is 0. The number of hydrogen-bond acceptors (Lipinski definition) is 6. The van der Waals surface area contributed by atoms with E-state index in [9.17, 15) is 4.79 Å². The second kappa shape index (κ2) is 5.99. The van der Waals surface area contributed by atoms with Crippen LogP contribution in [0.4, 0.5) is 0 Å². The van der Waals surface area contributed by atoms with Crippen LogP contribution in [0, 0.1) is 6.92 Å². The fourth-order valence-electron chi connectivity index (χ4n) is 2.50. The summed E-state index contributed by atoms with van der Waals surface area (Å²) in [6, 6.07) is 9.66. The van der Waals surface area contributed by atoms with Crippen molar-refractivity contribution in [2.24, 2.45) is 7.05 Å². The molecule has 24 heavy (non-hydrogen) atoms. The van der Waals surface area contributed by atoms with E-state index in [0.717, 1.165) is 27.3 Å². The first-order valence-electron chi connectivity index (χ1n) is 7.43. The van der Waals surface area contributed by atoms with Gasteiger partial charge in [0.2, 0.25) is 0 Å². The molecule has 0 atom stereocenters. The average Bonchev–Trinajstić information content (AvgIpc) is 3.05. The molecule has 4 rings (SSSR count). The fourth-order valence-corrected chi connectivity index (χ4v) is 4.29. The lowest BCUT2D eigenvalue weighted by atomic mass is 10.2. The van der Waals surface area contributed by atoms with Crippen LogP contribution in [0.15, 0.2) is 45.7 Å². The van der Waals surface area contributed by atoms with E-state index in [1.54, 1.807) is 11.6 Å². The van der Waals surface area contributed by atoms with Gasteiger partial charge in [-0.2, -0.15) is 0 Å². The molecule has 0 N–H and O–H groups in total. The molecule has 0 aliphatic rings. The highest BCUT2D eigenvalue weighted by Crippen LogP contribution is 2.24. The Morgan fingerprint density at radius 1 is 1.12 bits per heavy atom. The van der Waals surface area contributed by atoms with Crippen LogP contribution in [-0.2, 0) is 12.8 Å². The van der Waals surface area contributed by atoms with Gasteiger partial charge < -0.3 is 0 Å². The molecule has 0 bridgehead atoms. The molecule has 0 amide bonds. The maximum Gasteiger partial charge on any atom is 0.262 e. The molecule has 0 fully saturated rings. The van der Waals surface area contributed by atoms with Crippen molar-refractivity contribution in [2.75, 3.05) is 0 Å². The Labute approximate surface area is 146 Å². The number of rotatable bonds is 3. The van der Waals surface area contributed by atoms with Crippen LogP contribution in [0.1, 0.15) is 11.4 Å². The molecule has 120 valence electrons. The Kier molecular flexibility index (Phi) is 3.82. The molecule has 0 saturated carbocycles. The third-order valence-corrected chi connectivity index (χ3v) is 5.69. The number of hydrogen-bond donors (Lipinski definition) is 0. The molecule has 0 radical (unpaired) electrons. The largest absolute Gasteiger partial charge is 0.290 e. The second-order valence-electron chi connectivity index (χ2n) is 5.43. The number of thioether (sulfide) groups is 1. The lowest BCUT2D eigenvalue weighted by Crippen LogP contribution is -2.19. The van der Waals surface area contributed by atoms with E-state index in [1.165, 1.54) is 23.1 Å². The van der Waals surface area contributed by atoms with Crippen molar-refractivity contribution in [2.45, 2.75) is 17.8 Å². The Morgan fingerprint density at radius 2 is 1.88 bits per heavy atom. The van der Waals surface area contributed by atoms with Crippen molar-refractivity contribution in [1.82, 2.24) is 19.5 Å². The average molecular weight is 354 g/mol. The zero-order chi connectivity index (χ0) is 16.7. The van der Waals surface area contributed by atoms with E-state index in [-0.39, 0.29) is 5.56 Å². The van der Waals surface area contributed by atoms with Gasteiger partial charge in [0.1, 0.15) is 4.83 Å². The number of aromatic nitrogens is 4. The van der Waals surface area contributed by atoms with Gasteiger partial charge in [-0.25, -0.2) is 15.0 Å². The lowest BCUT2D eigenvalue weighted by Gasteiger charge is -2.09. The first kappa shape index (κ1) is 15.3. The van der Waals surface area contributed by atoms with Crippen molar-refractivity contribution in [3.8, 4) is 0 Å². The number of benzene rings is 1. The van der Waals surface area contributed by atoms with Crippen LogP contribution < -0.4 is 5.56 Å². The van der Waals surface area contributed by atoms with Crippen molar-refractivity contribution >= 4 is 44.3 Å². The number of nitrogens with zero attached hydrogens (tertiary/aromatic N) is 4. The SMILES string of the molecule is Cc1nc2ccccc2nc1CSc1nc2sccc2c(=O)n1C. The first-order chi connectivity index (χ1) is 11.6. The van der Waals surface area contributed by atoms with Crippen LogP contribution in [0.3, 0.4) is 0 Å². The maximum atomic E-state index is 12.4. The molecule has 0 spiro atoms. The maximum absolute atomic E-state index is 12.4. The topological polar surface area (TPSA) is 60.7 Å². The molecule has 1 aromatic carbocycles. The van der Waals surface area contributed by atoms with E-state index in [1.807, 2.05) is 42.6 Å². The summed E-state index contributed by atoms with van der Waals surface area (Å²) in [4.78, 5) is 27.0. The minimum Gasteiger partial charge on any atom is -0.290 e. The van der Waals surface area contributed by atoms with Crippen molar-refractivity contribution in [1.29, 1.82) is 0 Å².